The Morgan fingerprint density at radius 1 is 0.958 bits per heavy atom. The van der Waals surface area contributed by atoms with Crippen LogP contribution in [0.5, 0.6) is 5.75 Å². The minimum atomic E-state index is -0.667. The van der Waals surface area contributed by atoms with E-state index < -0.39 is 10.9 Å². The largest absolute Gasteiger partial charge is 0.505 e. The lowest BCUT2D eigenvalue weighted by atomic mass is 10.1. The van der Waals surface area contributed by atoms with Gasteiger partial charge in [-0.15, -0.1) is 12.6 Å². The van der Waals surface area contributed by atoms with Gasteiger partial charge in [0.15, 0.2) is 5.75 Å². The Labute approximate surface area is 155 Å². The van der Waals surface area contributed by atoms with E-state index in [1.807, 2.05) is 6.07 Å². The predicted molar refractivity (Wildman–Crippen MR) is 102 cm³/mol. The Hall–Kier alpha value is -1.96. The van der Waals surface area contributed by atoms with Crippen LogP contribution in [0.3, 0.4) is 0 Å². The normalized spacial score (nSPS) is 10.8. The van der Waals surface area contributed by atoms with Crippen molar-refractivity contribution in [3.63, 3.8) is 0 Å². The Kier molecular flexibility index (Phi) is 4.58. The first-order chi connectivity index (χ1) is 11.4. The number of rotatable bonds is 4. The highest BCUT2D eigenvalue weighted by Gasteiger charge is 2.23. The molecular formula is C16H10BrClN2O3S. The smallest absolute Gasteiger partial charge is 0.253 e. The second-order valence-electron chi connectivity index (χ2n) is 4.93. The van der Waals surface area contributed by atoms with Crippen LogP contribution in [-0.4, -0.2) is 5.11 Å². The van der Waals surface area contributed by atoms with Gasteiger partial charge < -0.3 is 15.7 Å². The van der Waals surface area contributed by atoms with Gasteiger partial charge in [0.05, 0.1) is 21.3 Å². The third-order valence-electron chi connectivity index (χ3n) is 3.41. The second-order valence-corrected chi connectivity index (χ2v) is 6.64. The number of para-hydroxylation sites is 1. The number of hydrogen-bond donors (Lipinski definition) is 4. The second kappa shape index (κ2) is 6.51. The van der Waals surface area contributed by atoms with Crippen LogP contribution >= 0.6 is 40.2 Å². The molecule has 0 heterocycles. The molecule has 3 aromatic rings. The summed E-state index contributed by atoms with van der Waals surface area (Å²) in [6.45, 7) is 0. The van der Waals surface area contributed by atoms with Crippen molar-refractivity contribution in [3.8, 4) is 5.75 Å². The van der Waals surface area contributed by atoms with E-state index in [1.165, 1.54) is 12.1 Å². The molecule has 0 aliphatic rings. The Morgan fingerprint density at radius 2 is 1.54 bits per heavy atom. The lowest BCUT2D eigenvalue weighted by molar-refractivity contribution is 0.465. The van der Waals surface area contributed by atoms with Gasteiger partial charge in [0.25, 0.3) is 10.9 Å². The van der Waals surface area contributed by atoms with Crippen molar-refractivity contribution < 1.29 is 5.11 Å². The van der Waals surface area contributed by atoms with Crippen molar-refractivity contribution in [1.29, 1.82) is 0 Å². The van der Waals surface area contributed by atoms with Crippen LogP contribution in [0, 0.1) is 0 Å². The highest BCUT2D eigenvalue weighted by atomic mass is 79.9. The first-order valence-electron chi connectivity index (χ1n) is 6.72. The Balaban J connectivity index is 1.96. The molecule has 122 valence electrons. The van der Waals surface area contributed by atoms with Gasteiger partial charge in [-0.3, -0.25) is 9.59 Å². The number of aromatic hydroxyl groups is 1. The molecule has 0 saturated heterocycles. The number of hydrogen-bond acceptors (Lipinski definition) is 6. The molecule has 5 nitrogen and oxygen atoms in total. The standard InChI is InChI=1S/C16H10BrClN2O3S/c17-7-3-1-2-4-9(7)19-11-12(15(23)14(11)22)20-10-6-5-8(18)16(24)13(10)21/h1-6,19-21,24H. The van der Waals surface area contributed by atoms with Crippen LogP contribution in [-0.2, 0) is 0 Å². The van der Waals surface area contributed by atoms with Crippen LogP contribution in [0.4, 0.5) is 22.7 Å². The molecule has 0 bridgehead atoms. The first kappa shape index (κ1) is 16.9. The summed E-state index contributed by atoms with van der Waals surface area (Å²) in [5.41, 5.74) is -0.231. The van der Waals surface area contributed by atoms with E-state index in [4.69, 9.17) is 11.6 Å². The summed E-state index contributed by atoms with van der Waals surface area (Å²) in [4.78, 5) is 23.9. The number of phenols is 1. The summed E-state index contributed by atoms with van der Waals surface area (Å²) >= 11 is 13.3. The summed E-state index contributed by atoms with van der Waals surface area (Å²) in [5.74, 6) is -0.203. The number of nitrogens with one attached hydrogen (secondary N) is 2. The van der Waals surface area contributed by atoms with Gasteiger partial charge in [-0.2, -0.15) is 0 Å². The van der Waals surface area contributed by atoms with E-state index in [1.54, 1.807) is 18.2 Å². The van der Waals surface area contributed by atoms with Crippen LogP contribution in [0.2, 0.25) is 5.02 Å². The maximum Gasteiger partial charge on any atom is 0.253 e. The molecule has 8 heteroatoms. The topological polar surface area (TPSA) is 78.4 Å². The number of halogens is 2. The lowest BCUT2D eigenvalue weighted by Gasteiger charge is -2.17. The molecule has 0 radical (unpaired) electrons. The summed E-state index contributed by atoms with van der Waals surface area (Å²) < 4.78 is 0.746. The number of phenolic OH excluding ortho intramolecular Hbond substituents is 1. The zero-order valence-corrected chi connectivity index (χ0v) is 15.2. The minimum Gasteiger partial charge on any atom is -0.505 e. The number of thiol groups is 1. The molecule has 0 aromatic heterocycles. The van der Waals surface area contributed by atoms with Crippen molar-refractivity contribution in [2.45, 2.75) is 4.90 Å². The van der Waals surface area contributed by atoms with Crippen molar-refractivity contribution in [2.24, 2.45) is 0 Å². The van der Waals surface area contributed by atoms with Crippen LogP contribution < -0.4 is 21.5 Å². The first-order valence-corrected chi connectivity index (χ1v) is 8.34. The summed E-state index contributed by atoms with van der Waals surface area (Å²) in [7, 11) is 0. The predicted octanol–water partition coefficient (Wildman–Crippen LogP) is 4.18. The molecule has 3 N–H and O–H groups in total. The van der Waals surface area contributed by atoms with Gasteiger partial charge in [0.2, 0.25) is 0 Å². The van der Waals surface area contributed by atoms with Gasteiger partial charge in [-0.25, -0.2) is 0 Å². The van der Waals surface area contributed by atoms with Gasteiger partial charge in [-0.05, 0) is 40.2 Å². The zero-order chi connectivity index (χ0) is 17.4. The van der Waals surface area contributed by atoms with Crippen LogP contribution in [0.1, 0.15) is 0 Å². The van der Waals surface area contributed by atoms with E-state index >= 15 is 0 Å². The molecule has 0 fully saturated rings. The fourth-order valence-corrected chi connectivity index (χ4v) is 2.85. The van der Waals surface area contributed by atoms with E-state index in [2.05, 4.69) is 39.2 Å². The maximum absolute atomic E-state index is 11.9. The van der Waals surface area contributed by atoms with E-state index in [-0.39, 0.29) is 32.7 Å². The van der Waals surface area contributed by atoms with E-state index in [0.717, 1.165) is 4.47 Å². The molecule has 0 amide bonds. The van der Waals surface area contributed by atoms with Crippen LogP contribution in [0.25, 0.3) is 0 Å². The van der Waals surface area contributed by atoms with Gasteiger partial charge in [-0.1, -0.05) is 23.7 Å². The molecule has 0 aliphatic heterocycles. The SMILES string of the molecule is O=c1c(Nc2ccccc2Br)c(Nc2ccc(Cl)c(S)c2O)c1=O. The lowest BCUT2D eigenvalue weighted by Crippen LogP contribution is -2.35. The molecular weight excluding hydrogens is 416 g/mol. The Bertz CT molecular complexity index is 1020. The van der Waals surface area contributed by atoms with Crippen molar-refractivity contribution >= 4 is 62.9 Å². The average molecular weight is 426 g/mol. The quantitative estimate of drug-likeness (QED) is 0.286. The van der Waals surface area contributed by atoms with Crippen molar-refractivity contribution in [3.05, 3.63) is 66.3 Å². The van der Waals surface area contributed by atoms with E-state index in [9.17, 15) is 14.7 Å². The van der Waals surface area contributed by atoms with E-state index in [0.29, 0.717) is 5.69 Å². The fourth-order valence-electron chi connectivity index (χ4n) is 2.12. The Morgan fingerprint density at radius 3 is 2.17 bits per heavy atom. The monoisotopic (exact) mass is 424 g/mol. The molecule has 0 atom stereocenters. The highest BCUT2D eigenvalue weighted by molar-refractivity contribution is 9.10. The molecule has 0 aliphatic carbocycles. The fraction of sp³-hybridized carbons (Fsp3) is 0. The zero-order valence-electron chi connectivity index (χ0n) is 11.9. The molecule has 3 aromatic carbocycles. The summed E-state index contributed by atoms with van der Waals surface area (Å²) in [6.07, 6.45) is 0. The van der Waals surface area contributed by atoms with Crippen LogP contribution in [0.15, 0.2) is 55.4 Å². The molecule has 0 unspecified atom stereocenters. The molecule has 0 spiro atoms. The van der Waals surface area contributed by atoms with Crippen molar-refractivity contribution in [2.75, 3.05) is 10.6 Å². The third kappa shape index (κ3) is 2.90. The van der Waals surface area contributed by atoms with Gasteiger partial charge in [0, 0.05) is 4.47 Å². The van der Waals surface area contributed by atoms with Crippen molar-refractivity contribution in [1.82, 2.24) is 0 Å². The molecule has 0 saturated carbocycles. The molecule has 24 heavy (non-hydrogen) atoms. The highest BCUT2D eigenvalue weighted by Crippen LogP contribution is 2.38. The van der Waals surface area contributed by atoms with Gasteiger partial charge >= 0.3 is 0 Å². The number of anilines is 4. The van der Waals surface area contributed by atoms with Gasteiger partial charge in [0.1, 0.15) is 11.4 Å². The third-order valence-corrected chi connectivity index (χ3v) is 5.00. The molecule has 3 rings (SSSR count). The summed E-state index contributed by atoms with van der Waals surface area (Å²) in [5, 5.41) is 16.0. The minimum absolute atomic E-state index is 0.0705. The maximum atomic E-state index is 11.9. The number of benzene rings is 2. The average Bonchev–Trinajstić information content (AvgIpc) is 2.58. The summed E-state index contributed by atoms with van der Waals surface area (Å²) in [6, 6.07) is 10.2.